The zero-order valence-corrected chi connectivity index (χ0v) is 9.08. The molecule has 1 aromatic carbocycles. The van der Waals surface area contributed by atoms with Gasteiger partial charge in [0.1, 0.15) is 5.75 Å². The quantitative estimate of drug-likeness (QED) is 0.746. The molecule has 1 aromatic rings. The molecule has 0 aliphatic carbocycles. The number of ether oxygens (including phenoxy) is 1. The van der Waals surface area contributed by atoms with E-state index in [-0.39, 0.29) is 0 Å². The van der Waals surface area contributed by atoms with Crippen molar-refractivity contribution in [3.05, 3.63) is 18.2 Å². The monoisotopic (exact) mass is 194 g/mol. The van der Waals surface area contributed by atoms with Crippen LogP contribution in [0.1, 0.15) is 13.8 Å². The summed E-state index contributed by atoms with van der Waals surface area (Å²) in [4.78, 5) is 2.25. The molecular weight excluding hydrogens is 176 g/mol. The highest BCUT2D eigenvalue weighted by Gasteiger charge is 2.05. The molecule has 0 heterocycles. The van der Waals surface area contributed by atoms with Crippen LogP contribution in [0.4, 0.5) is 11.4 Å². The van der Waals surface area contributed by atoms with Gasteiger partial charge in [0.25, 0.3) is 0 Å². The van der Waals surface area contributed by atoms with E-state index in [1.54, 1.807) is 7.11 Å². The van der Waals surface area contributed by atoms with E-state index < -0.39 is 0 Å². The first-order valence-corrected chi connectivity index (χ1v) is 4.91. The van der Waals surface area contributed by atoms with Gasteiger partial charge in [0.2, 0.25) is 0 Å². The molecular formula is C11H18N2O. The number of methoxy groups -OCH3 is 1. The molecule has 3 heteroatoms. The molecule has 0 aromatic heterocycles. The molecule has 0 aliphatic rings. The Morgan fingerprint density at radius 1 is 1.29 bits per heavy atom. The van der Waals surface area contributed by atoms with E-state index in [1.165, 1.54) is 0 Å². The maximum absolute atomic E-state index is 5.74. The number of hydrogen-bond acceptors (Lipinski definition) is 3. The van der Waals surface area contributed by atoms with Gasteiger partial charge in [0.15, 0.2) is 0 Å². The van der Waals surface area contributed by atoms with Gasteiger partial charge in [-0.25, -0.2) is 0 Å². The predicted octanol–water partition coefficient (Wildman–Crippen LogP) is 2.12. The van der Waals surface area contributed by atoms with Gasteiger partial charge >= 0.3 is 0 Å². The van der Waals surface area contributed by atoms with Gasteiger partial charge in [0, 0.05) is 24.8 Å². The van der Waals surface area contributed by atoms with E-state index in [9.17, 15) is 0 Å². The van der Waals surface area contributed by atoms with Crippen LogP contribution in [0.25, 0.3) is 0 Å². The molecule has 0 radical (unpaired) electrons. The molecule has 0 spiro atoms. The van der Waals surface area contributed by atoms with Crippen molar-refractivity contribution in [1.82, 2.24) is 0 Å². The minimum Gasteiger partial charge on any atom is -0.495 e. The van der Waals surface area contributed by atoms with Gasteiger partial charge in [-0.1, -0.05) is 0 Å². The van der Waals surface area contributed by atoms with E-state index >= 15 is 0 Å². The molecule has 0 saturated heterocycles. The smallest absolute Gasteiger partial charge is 0.143 e. The Morgan fingerprint density at radius 3 is 2.43 bits per heavy atom. The lowest BCUT2D eigenvalue weighted by Crippen LogP contribution is -2.21. The molecule has 1 rings (SSSR count). The number of nitrogens with zero attached hydrogens (tertiary/aromatic N) is 1. The molecule has 0 atom stereocenters. The SMILES string of the molecule is CCN(CC)c1ccc(N)c(OC)c1. The Morgan fingerprint density at radius 2 is 1.93 bits per heavy atom. The molecule has 0 aliphatic heterocycles. The zero-order valence-electron chi connectivity index (χ0n) is 9.08. The molecule has 0 amide bonds. The summed E-state index contributed by atoms with van der Waals surface area (Å²) >= 11 is 0. The Balaban J connectivity index is 2.98. The van der Waals surface area contributed by atoms with Gasteiger partial charge in [-0.05, 0) is 26.0 Å². The topological polar surface area (TPSA) is 38.5 Å². The van der Waals surface area contributed by atoms with Crippen LogP contribution in [-0.2, 0) is 0 Å². The lowest BCUT2D eigenvalue weighted by Gasteiger charge is -2.21. The summed E-state index contributed by atoms with van der Waals surface area (Å²) in [5.41, 5.74) is 7.58. The second kappa shape index (κ2) is 4.74. The first-order valence-electron chi connectivity index (χ1n) is 4.91. The van der Waals surface area contributed by atoms with Gasteiger partial charge in [0.05, 0.1) is 12.8 Å². The Hall–Kier alpha value is -1.38. The molecule has 0 saturated carbocycles. The average molecular weight is 194 g/mol. The fourth-order valence-electron chi connectivity index (χ4n) is 1.49. The minimum absolute atomic E-state index is 0.684. The molecule has 0 fully saturated rings. The van der Waals surface area contributed by atoms with Crippen LogP contribution in [0.15, 0.2) is 18.2 Å². The largest absolute Gasteiger partial charge is 0.495 e. The van der Waals surface area contributed by atoms with Crippen LogP contribution >= 0.6 is 0 Å². The van der Waals surface area contributed by atoms with Gasteiger partial charge in [-0.15, -0.1) is 0 Å². The summed E-state index contributed by atoms with van der Waals surface area (Å²) in [6.45, 7) is 6.24. The lowest BCUT2D eigenvalue weighted by molar-refractivity contribution is 0.417. The van der Waals surface area contributed by atoms with Gasteiger partial charge in [-0.2, -0.15) is 0 Å². The van der Waals surface area contributed by atoms with Crippen LogP contribution in [0.3, 0.4) is 0 Å². The maximum Gasteiger partial charge on any atom is 0.143 e. The predicted molar refractivity (Wildman–Crippen MR) is 61.0 cm³/mol. The third-order valence-electron chi connectivity index (χ3n) is 2.35. The van der Waals surface area contributed by atoms with Crippen molar-refractivity contribution in [1.29, 1.82) is 0 Å². The Bertz CT molecular complexity index is 295. The summed E-state index contributed by atoms with van der Waals surface area (Å²) in [6, 6.07) is 5.87. The van der Waals surface area contributed by atoms with Crippen LogP contribution in [0, 0.1) is 0 Å². The third kappa shape index (κ3) is 2.10. The van der Waals surface area contributed by atoms with Crippen LogP contribution < -0.4 is 15.4 Å². The van der Waals surface area contributed by atoms with Crippen molar-refractivity contribution in [3.63, 3.8) is 0 Å². The van der Waals surface area contributed by atoms with E-state index in [0.29, 0.717) is 5.69 Å². The summed E-state index contributed by atoms with van der Waals surface area (Å²) in [7, 11) is 1.64. The highest BCUT2D eigenvalue weighted by molar-refractivity contribution is 5.62. The van der Waals surface area contributed by atoms with Crippen molar-refractivity contribution in [2.45, 2.75) is 13.8 Å². The Labute approximate surface area is 85.5 Å². The Kier molecular flexibility index (Phi) is 3.63. The molecule has 2 N–H and O–H groups in total. The number of nitrogen functional groups attached to an aromatic ring is 1. The summed E-state index contributed by atoms with van der Waals surface area (Å²) in [6.07, 6.45) is 0. The van der Waals surface area contributed by atoms with Gasteiger partial charge < -0.3 is 15.4 Å². The molecule has 14 heavy (non-hydrogen) atoms. The van der Waals surface area contributed by atoms with Crippen molar-refractivity contribution in [3.8, 4) is 5.75 Å². The fraction of sp³-hybridized carbons (Fsp3) is 0.455. The molecule has 3 nitrogen and oxygen atoms in total. The number of rotatable bonds is 4. The van der Waals surface area contributed by atoms with E-state index in [0.717, 1.165) is 24.5 Å². The number of hydrogen-bond donors (Lipinski definition) is 1. The molecule has 0 unspecified atom stereocenters. The normalized spacial score (nSPS) is 9.93. The highest BCUT2D eigenvalue weighted by Crippen LogP contribution is 2.27. The standard InChI is InChI=1S/C11H18N2O/c1-4-13(5-2)9-6-7-10(12)11(8-9)14-3/h6-8H,4-5,12H2,1-3H3. The number of anilines is 2. The van der Waals surface area contributed by atoms with Crippen LogP contribution in [-0.4, -0.2) is 20.2 Å². The van der Waals surface area contributed by atoms with Gasteiger partial charge in [-0.3, -0.25) is 0 Å². The molecule has 78 valence electrons. The second-order valence-corrected chi connectivity index (χ2v) is 3.10. The third-order valence-corrected chi connectivity index (χ3v) is 2.35. The first-order chi connectivity index (χ1) is 6.72. The van der Waals surface area contributed by atoms with Crippen molar-refractivity contribution in [2.24, 2.45) is 0 Å². The second-order valence-electron chi connectivity index (χ2n) is 3.10. The fourth-order valence-corrected chi connectivity index (χ4v) is 1.49. The van der Waals surface area contributed by atoms with Crippen LogP contribution in [0.2, 0.25) is 0 Å². The zero-order chi connectivity index (χ0) is 10.6. The van der Waals surface area contributed by atoms with E-state index in [2.05, 4.69) is 18.7 Å². The maximum atomic E-state index is 5.74. The first kappa shape index (κ1) is 10.7. The van der Waals surface area contributed by atoms with Crippen molar-refractivity contribution in [2.75, 3.05) is 30.8 Å². The van der Waals surface area contributed by atoms with E-state index in [1.807, 2.05) is 18.2 Å². The van der Waals surface area contributed by atoms with Crippen LogP contribution in [0.5, 0.6) is 5.75 Å². The van der Waals surface area contributed by atoms with E-state index in [4.69, 9.17) is 10.5 Å². The number of benzene rings is 1. The summed E-state index contributed by atoms with van der Waals surface area (Å²) < 4.78 is 5.17. The van der Waals surface area contributed by atoms with Crippen molar-refractivity contribution >= 4 is 11.4 Å². The average Bonchev–Trinajstić information content (AvgIpc) is 2.22. The summed E-state index contributed by atoms with van der Waals surface area (Å²) in [5, 5.41) is 0. The number of nitrogens with two attached hydrogens (primary N) is 1. The van der Waals surface area contributed by atoms with Crippen molar-refractivity contribution < 1.29 is 4.74 Å². The summed E-state index contributed by atoms with van der Waals surface area (Å²) in [5.74, 6) is 0.745. The molecule has 0 bridgehead atoms. The minimum atomic E-state index is 0.684. The highest BCUT2D eigenvalue weighted by atomic mass is 16.5. The lowest BCUT2D eigenvalue weighted by atomic mass is 10.2.